The van der Waals surface area contributed by atoms with Gasteiger partial charge in [-0.15, -0.1) is 0 Å². The Hall–Kier alpha value is -1.05. The van der Waals surface area contributed by atoms with Gasteiger partial charge in [0.2, 0.25) is 0 Å². The first kappa shape index (κ1) is 13.0. The third kappa shape index (κ3) is 3.22. The number of amides is 1. The molecule has 1 atom stereocenters. The van der Waals surface area contributed by atoms with E-state index in [0.29, 0.717) is 17.0 Å². The maximum atomic E-state index is 11.7. The van der Waals surface area contributed by atoms with Crippen molar-refractivity contribution in [3.8, 4) is 6.07 Å². The number of nitrogens with zero attached hydrogens (tertiary/aromatic N) is 1. The molecule has 0 aliphatic rings. The number of benzene rings is 1. The average Bonchev–Trinajstić information content (AvgIpc) is 2.29. The average molecular weight is 302 g/mol. The molecule has 0 saturated carbocycles. The fourth-order valence-corrected chi connectivity index (χ4v) is 1.53. The van der Waals surface area contributed by atoms with Gasteiger partial charge in [-0.2, -0.15) is 5.26 Å². The zero-order valence-electron chi connectivity index (χ0n) is 8.63. The highest BCUT2D eigenvalue weighted by molar-refractivity contribution is 9.10. The van der Waals surface area contributed by atoms with Crippen LogP contribution in [-0.4, -0.2) is 11.9 Å². The second-order valence-corrected chi connectivity index (χ2v) is 4.45. The summed E-state index contributed by atoms with van der Waals surface area (Å²) in [5.41, 5.74) is 0.446. The monoisotopic (exact) mass is 300 g/mol. The lowest BCUT2D eigenvalue weighted by Gasteiger charge is -2.09. The first-order valence-corrected chi connectivity index (χ1v) is 5.91. The van der Waals surface area contributed by atoms with Crippen LogP contribution in [0.2, 0.25) is 5.02 Å². The van der Waals surface area contributed by atoms with E-state index in [0.717, 1.165) is 4.47 Å². The van der Waals surface area contributed by atoms with Gasteiger partial charge in [0.15, 0.2) is 0 Å². The van der Waals surface area contributed by atoms with E-state index in [2.05, 4.69) is 21.2 Å². The SMILES string of the molecule is CCC(C#N)NC(=O)c1ccc(Br)c(Cl)c1. The van der Waals surface area contributed by atoms with E-state index >= 15 is 0 Å². The van der Waals surface area contributed by atoms with E-state index in [1.165, 1.54) is 0 Å². The van der Waals surface area contributed by atoms with Crippen LogP contribution in [0.1, 0.15) is 23.7 Å². The number of rotatable bonds is 3. The third-order valence-electron chi connectivity index (χ3n) is 2.05. The van der Waals surface area contributed by atoms with Crippen LogP contribution in [0.25, 0.3) is 0 Å². The van der Waals surface area contributed by atoms with Crippen LogP contribution >= 0.6 is 27.5 Å². The molecule has 1 amide bonds. The first-order chi connectivity index (χ1) is 7.58. The van der Waals surface area contributed by atoms with Crippen LogP contribution in [0.3, 0.4) is 0 Å². The molecule has 1 rings (SSSR count). The smallest absolute Gasteiger partial charge is 0.252 e. The molecular weight excluding hydrogens is 291 g/mol. The van der Waals surface area contributed by atoms with E-state index in [1.807, 2.05) is 13.0 Å². The zero-order chi connectivity index (χ0) is 12.1. The van der Waals surface area contributed by atoms with Gasteiger partial charge in [0.25, 0.3) is 5.91 Å². The molecule has 5 heteroatoms. The maximum absolute atomic E-state index is 11.7. The summed E-state index contributed by atoms with van der Waals surface area (Å²) < 4.78 is 0.734. The van der Waals surface area contributed by atoms with Crippen molar-refractivity contribution >= 4 is 33.4 Å². The number of carbonyl (C=O) groups is 1. The second-order valence-electron chi connectivity index (χ2n) is 3.19. The van der Waals surface area contributed by atoms with E-state index in [-0.39, 0.29) is 5.91 Å². The van der Waals surface area contributed by atoms with Crippen LogP contribution < -0.4 is 5.32 Å². The quantitative estimate of drug-likeness (QED) is 0.932. The molecule has 16 heavy (non-hydrogen) atoms. The highest BCUT2D eigenvalue weighted by Gasteiger charge is 2.12. The van der Waals surface area contributed by atoms with Crippen LogP contribution in [0.15, 0.2) is 22.7 Å². The lowest BCUT2D eigenvalue weighted by molar-refractivity contribution is 0.0944. The highest BCUT2D eigenvalue weighted by Crippen LogP contribution is 2.23. The minimum atomic E-state index is -0.463. The van der Waals surface area contributed by atoms with Gasteiger partial charge in [0.1, 0.15) is 6.04 Å². The molecule has 1 aromatic carbocycles. The van der Waals surface area contributed by atoms with Crippen molar-refractivity contribution in [2.24, 2.45) is 0 Å². The van der Waals surface area contributed by atoms with Crippen molar-refractivity contribution < 1.29 is 4.79 Å². The van der Waals surface area contributed by atoms with Gasteiger partial charge in [0, 0.05) is 10.0 Å². The molecule has 0 aliphatic heterocycles. The van der Waals surface area contributed by atoms with Gasteiger partial charge in [-0.1, -0.05) is 18.5 Å². The maximum Gasteiger partial charge on any atom is 0.252 e. The Bertz CT molecular complexity index is 442. The molecule has 0 aliphatic carbocycles. The summed E-state index contributed by atoms with van der Waals surface area (Å²) >= 11 is 9.11. The van der Waals surface area contributed by atoms with Gasteiger partial charge in [-0.3, -0.25) is 4.79 Å². The molecule has 0 spiro atoms. The Labute approximate surface area is 108 Å². The molecule has 3 nitrogen and oxygen atoms in total. The van der Waals surface area contributed by atoms with Gasteiger partial charge < -0.3 is 5.32 Å². The molecule has 0 radical (unpaired) electrons. The Morgan fingerprint density at radius 2 is 2.38 bits per heavy atom. The fourth-order valence-electron chi connectivity index (χ4n) is 1.10. The lowest BCUT2D eigenvalue weighted by Crippen LogP contribution is -2.33. The summed E-state index contributed by atoms with van der Waals surface area (Å²) in [7, 11) is 0. The summed E-state index contributed by atoms with van der Waals surface area (Å²) in [6.07, 6.45) is 0.576. The van der Waals surface area contributed by atoms with Crippen molar-refractivity contribution in [3.05, 3.63) is 33.3 Å². The summed E-state index contributed by atoms with van der Waals surface area (Å²) in [4.78, 5) is 11.7. The number of halogens is 2. The topological polar surface area (TPSA) is 52.9 Å². The predicted octanol–water partition coefficient (Wildman–Crippen LogP) is 3.13. The molecular formula is C11H10BrClN2O. The van der Waals surface area contributed by atoms with Gasteiger partial charge in [-0.25, -0.2) is 0 Å². The van der Waals surface area contributed by atoms with E-state index in [1.54, 1.807) is 18.2 Å². The predicted molar refractivity (Wildman–Crippen MR) is 66.3 cm³/mol. The Kier molecular flexibility index (Phi) is 4.78. The zero-order valence-corrected chi connectivity index (χ0v) is 11.0. The summed E-state index contributed by atoms with van der Waals surface area (Å²) in [6, 6.07) is 6.45. The Balaban J connectivity index is 2.81. The molecule has 0 saturated heterocycles. The fraction of sp³-hybridized carbons (Fsp3) is 0.273. The molecule has 0 aromatic heterocycles. The van der Waals surface area contributed by atoms with Crippen LogP contribution in [0.5, 0.6) is 0 Å². The number of hydrogen-bond donors (Lipinski definition) is 1. The molecule has 84 valence electrons. The minimum Gasteiger partial charge on any atom is -0.336 e. The van der Waals surface area contributed by atoms with Crippen molar-refractivity contribution in [3.63, 3.8) is 0 Å². The molecule has 0 heterocycles. The second kappa shape index (κ2) is 5.88. The van der Waals surface area contributed by atoms with Crippen LogP contribution in [0.4, 0.5) is 0 Å². The number of carbonyl (C=O) groups excluding carboxylic acids is 1. The first-order valence-electron chi connectivity index (χ1n) is 4.74. The third-order valence-corrected chi connectivity index (χ3v) is 3.28. The van der Waals surface area contributed by atoms with Crippen molar-refractivity contribution in [2.45, 2.75) is 19.4 Å². The van der Waals surface area contributed by atoms with E-state index < -0.39 is 6.04 Å². The van der Waals surface area contributed by atoms with Crippen LogP contribution in [-0.2, 0) is 0 Å². The standard InChI is InChI=1S/C11H10BrClN2O/c1-2-8(6-14)15-11(16)7-3-4-9(12)10(13)5-7/h3-5,8H,2H2,1H3,(H,15,16). The Morgan fingerprint density at radius 1 is 1.69 bits per heavy atom. The molecule has 1 unspecified atom stereocenters. The lowest BCUT2D eigenvalue weighted by atomic mass is 10.2. The molecule has 1 N–H and O–H groups in total. The summed E-state index contributed by atoms with van der Waals surface area (Å²) in [5.74, 6) is -0.289. The van der Waals surface area contributed by atoms with Gasteiger partial charge >= 0.3 is 0 Å². The van der Waals surface area contributed by atoms with E-state index in [4.69, 9.17) is 16.9 Å². The van der Waals surface area contributed by atoms with Crippen molar-refractivity contribution in [1.29, 1.82) is 5.26 Å². The normalized spacial score (nSPS) is 11.6. The Morgan fingerprint density at radius 3 is 2.88 bits per heavy atom. The van der Waals surface area contributed by atoms with Crippen molar-refractivity contribution in [1.82, 2.24) is 5.32 Å². The number of nitriles is 1. The molecule has 1 aromatic rings. The number of nitrogens with one attached hydrogen (secondary N) is 1. The summed E-state index contributed by atoms with van der Waals surface area (Å²) in [6.45, 7) is 1.84. The van der Waals surface area contributed by atoms with Crippen molar-refractivity contribution in [2.75, 3.05) is 0 Å². The minimum absolute atomic E-state index is 0.289. The van der Waals surface area contributed by atoms with E-state index in [9.17, 15) is 4.79 Å². The highest BCUT2D eigenvalue weighted by atomic mass is 79.9. The summed E-state index contributed by atoms with van der Waals surface area (Å²) in [5, 5.41) is 11.8. The van der Waals surface area contributed by atoms with Gasteiger partial charge in [0.05, 0.1) is 11.1 Å². The number of hydrogen-bond acceptors (Lipinski definition) is 2. The van der Waals surface area contributed by atoms with Crippen LogP contribution in [0, 0.1) is 11.3 Å². The largest absolute Gasteiger partial charge is 0.336 e. The van der Waals surface area contributed by atoms with Gasteiger partial charge in [-0.05, 0) is 40.5 Å². The molecule has 0 fully saturated rings. The molecule has 0 bridgehead atoms.